The van der Waals surface area contributed by atoms with E-state index in [1.54, 1.807) is 13.0 Å². The molecule has 12 heteroatoms. The smallest absolute Gasteiger partial charge is 0.340 e. The largest absolute Gasteiger partial charge is 0.481 e. The summed E-state index contributed by atoms with van der Waals surface area (Å²) in [5.74, 6) is 5.54. The van der Waals surface area contributed by atoms with Crippen LogP contribution in [-0.2, 0) is 47.7 Å². The molecule has 2 saturated carbocycles. The summed E-state index contributed by atoms with van der Waals surface area (Å²) >= 11 is 0. The lowest BCUT2D eigenvalue weighted by molar-refractivity contribution is -0.205. The first-order chi connectivity index (χ1) is 47.0. The Labute approximate surface area is 559 Å². The number of aliphatic hydroxyl groups is 4. The fourth-order valence-electron chi connectivity index (χ4n) is 22.3. The number of hydrogen-bond acceptors (Lipinski definition) is 12. The molecule has 96 heavy (non-hydrogen) atoms. The second kappa shape index (κ2) is 23.1. The molecule has 0 unspecified atom stereocenters. The van der Waals surface area contributed by atoms with Crippen molar-refractivity contribution in [3.8, 4) is 17.6 Å². The first kappa shape index (κ1) is 60.5. The molecule has 4 N–H and O–H groups in total. The van der Waals surface area contributed by atoms with Gasteiger partial charge in [0.25, 0.3) is 0 Å². The number of esters is 2. The average Bonchev–Trinajstić information content (AvgIpc) is 0.758. The van der Waals surface area contributed by atoms with E-state index in [2.05, 4.69) is 139 Å². The van der Waals surface area contributed by atoms with Gasteiger partial charge in [0.1, 0.15) is 18.1 Å². The summed E-state index contributed by atoms with van der Waals surface area (Å²) in [7, 11) is 0. The zero-order valence-corrected chi connectivity index (χ0v) is 54.4. The number of carbonyl (C=O) groups is 2. The van der Waals surface area contributed by atoms with Gasteiger partial charge >= 0.3 is 17.6 Å². The summed E-state index contributed by atoms with van der Waals surface area (Å²) < 4.78 is 34.9. The molecule has 17 atom stereocenters. The van der Waals surface area contributed by atoms with Crippen LogP contribution in [0.25, 0.3) is 23.1 Å². The van der Waals surface area contributed by atoms with Gasteiger partial charge in [0.2, 0.25) is 0 Å². The van der Waals surface area contributed by atoms with Gasteiger partial charge in [-0.3, -0.25) is 4.79 Å². The molecule has 3 fully saturated rings. The van der Waals surface area contributed by atoms with Crippen LogP contribution in [0.4, 0.5) is 0 Å². The van der Waals surface area contributed by atoms with Crippen LogP contribution < -0.4 is 10.4 Å². The maximum absolute atomic E-state index is 16.5. The summed E-state index contributed by atoms with van der Waals surface area (Å²) in [4.78, 5) is 47.8. The lowest BCUT2D eigenvalue weighted by Crippen LogP contribution is -2.61. The third kappa shape index (κ3) is 8.81. The highest BCUT2D eigenvalue weighted by molar-refractivity contribution is 5.91. The van der Waals surface area contributed by atoms with E-state index in [9.17, 15) is 20.4 Å². The highest BCUT2D eigenvalue weighted by Gasteiger charge is 2.66. The topological polar surface area (TPSA) is 182 Å². The van der Waals surface area contributed by atoms with Gasteiger partial charge in [-0.2, -0.15) is 0 Å². The van der Waals surface area contributed by atoms with Gasteiger partial charge in [-0.1, -0.05) is 146 Å². The van der Waals surface area contributed by atoms with Gasteiger partial charge in [0, 0.05) is 64.1 Å². The summed E-state index contributed by atoms with van der Waals surface area (Å²) in [6, 6.07) is 33.1. The van der Waals surface area contributed by atoms with E-state index in [1.165, 1.54) is 68.5 Å². The highest BCUT2D eigenvalue weighted by atomic mass is 16.6. The number of fused-ring (bicyclic) bond motifs is 15. The van der Waals surface area contributed by atoms with Crippen LogP contribution >= 0.6 is 0 Å². The molecule has 5 bridgehead atoms. The van der Waals surface area contributed by atoms with Crippen LogP contribution in [0.2, 0.25) is 0 Å². The Bertz CT molecular complexity index is 4550. The molecule has 490 valence electrons. The summed E-state index contributed by atoms with van der Waals surface area (Å²) in [6.45, 7) is -0.309. The molecular weight excluding hydrogens is 1200 g/mol. The summed E-state index contributed by atoms with van der Waals surface area (Å²) in [6.07, 6.45) is 26.2. The Balaban J connectivity index is 0.888. The van der Waals surface area contributed by atoms with Crippen molar-refractivity contribution < 1.29 is 53.4 Å². The zero-order chi connectivity index (χ0) is 64.9. The van der Waals surface area contributed by atoms with Gasteiger partial charge in [0.15, 0.2) is 17.8 Å². The van der Waals surface area contributed by atoms with Crippen LogP contribution in [0, 0.1) is 47.3 Å². The molecule has 9 aliphatic carbocycles. The van der Waals surface area contributed by atoms with E-state index in [0.29, 0.717) is 47.6 Å². The SMILES string of the molecule is CC(CO)=C1C[C@H]2CC[C@]34C=C[C@H]5C#CC[C@]6(Oc7ccc8c(CO)c([C@H](CCO)COCO)c(=O)oc8c7[C@@H](OC(=O)C[C@@H]7C[C@H](c8cccc9c8CC[C@@H]8CCC[C@H]%10C=Cc%11ccccc%11[C@@]98%10)C=C[C@H]7c7ccc2c3c75)[C@@H]6OC1=O)[C@H]1C[C@@H]2c3ccccc3C=C[C@@H]2[C@H]1C4. The fourth-order valence-corrected chi connectivity index (χ4v) is 22.3. The molecule has 0 amide bonds. The molecule has 6 aromatic rings. The molecular formula is C84H82O12. The van der Waals surface area contributed by atoms with Crippen molar-refractivity contribution in [1.82, 2.24) is 0 Å². The second-order valence-corrected chi connectivity index (χ2v) is 30.2. The van der Waals surface area contributed by atoms with Crippen molar-refractivity contribution in [3.63, 3.8) is 0 Å². The molecule has 3 spiro atoms. The quantitative estimate of drug-likeness (QED) is 0.0269. The molecule has 12 nitrogen and oxygen atoms in total. The van der Waals surface area contributed by atoms with Crippen molar-refractivity contribution in [1.29, 1.82) is 0 Å². The van der Waals surface area contributed by atoms with Crippen LogP contribution in [0.5, 0.6) is 5.75 Å². The van der Waals surface area contributed by atoms with Crippen molar-refractivity contribution in [2.45, 2.75) is 168 Å². The Morgan fingerprint density at radius 2 is 1.61 bits per heavy atom. The maximum atomic E-state index is 16.5. The number of rotatable bonds is 9. The number of aliphatic hydroxyl groups excluding tert-OH is 4. The van der Waals surface area contributed by atoms with Gasteiger partial charge in [0.05, 0.1) is 37.7 Å². The van der Waals surface area contributed by atoms with Crippen LogP contribution in [0.1, 0.15) is 210 Å². The van der Waals surface area contributed by atoms with E-state index >= 15 is 14.4 Å². The van der Waals surface area contributed by atoms with E-state index in [-0.39, 0.29) is 120 Å². The first-order valence-electron chi connectivity index (χ1n) is 35.6. The molecule has 12 aliphatic rings. The number of ether oxygens (including phenoxy) is 4. The molecule has 18 rings (SSSR count). The molecule has 1 saturated heterocycles. The predicted octanol–water partition coefficient (Wildman–Crippen LogP) is 13.9. The van der Waals surface area contributed by atoms with Crippen LogP contribution in [0.3, 0.4) is 0 Å². The molecule has 4 heterocycles. The Kier molecular flexibility index (Phi) is 14.6. The fraction of sp³-hybridized carbons (Fsp3) is 0.440. The zero-order valence-electron chi connectivity index (χ0n) is 54.4. The molecule has 5 aromatic carbocycles. The monoisotopic (exact) mass is 1280 g/mol. The standard InChI is InChI=1S/C84H82O12/c1-46(42-86)64-38-51-31-35-82-34-30-49-11-8-33-83(70-40-65-56-14-4-2-9-47(56)19-24-60(65)66(70)41-82)79(95-80(64)90)78(75-71(96-83)29-28-63-67(43-87)74(81(91)94-77(63)75)52(32-36-85)44-92-45-88)93-72(89)39-53-37-50(20-23-58(53)62-27-26-59(51)76(82)73(49)62)57-15-7-17-69-61(57)25-22-55-13-6-12-54-21-18-48-10-3-5-16-68(48)84(54,55)69/h2-5,7,9-10,14-21,23-24,26-30,34,49-55,58,60,65-66,70,78-79,85-88H,6,12-13,22,25,31-33,35-45H2,1H3/t49-,50-,51-,52-,53+,54+,55+,58-,60+,65-,66-,70+,78-,79+,82+,83+,84+/m1/s1. The van der Waals surface area contributed by atoms with E-state index in [4.69, 9.17) is 23.4 Å². The number of allylic oxidation sites excluding steroid dienone is 6. The van der Waals surface area contributed by atoms with Gasteiger partial charge in [-0.25, -0.2) is 9.59 Å². The lowest BCUT2D eigenvalue weighted by Gasteiger charge is -2.55. The van der Waals surface area contributed by atoms with E-state index in [1.807, 2.05) is 6.07 Å². The maximum Gasteiger partial charge on any atom is 0.340 e. The van der Waals surface area contributed by atoms with E-state index in [0.717, 1.165) is 44.1 Å². The minimum absolute atomic E-state index is 0.000129. The van der Waals surface area contributed by atoms with Crippen molar-refractivity contribution in [2.24, 2.45) is 35.5 Å². The summed E-state index contributed by atoms with van der Waals surface area (Å²) in [5, 5.41) is 43.3. The average molecular weight is 1280 g/mol. The normalized spacial score (nSPS) is 34.1. The Morgan fingerprint density at radius 1 is 0.781 bits per heavy atom. The van der Waals surface area contributed by atoms with Crippen molar-refractivity contribution in [3.05, 3.63) is 227 Å². The Morgan fingerprint density at radius 3 is 2.48 bits per heavy atom. The second-order valence-electron chi connectivity index (χ2n) is 30.2. The van der Waals surface area contributed by atoms with Gasteiger partial charge in [-0.15, -0.1) is 0 Å². The third-order valence-corrected chi connectivity index (χ3v) is 26.2. The predicted molar refractivity (Wildman–Crippen MR) is 364 cm³/mol. The highest BCUT2D eigenvalue weighted by Crippen LogP contribution is 2.67. The van der Waals surface area contributed by atoms with Crippen LogP contribution in [-0.4, -0.2) is 70.7 Å². The van der Waals surface area contributed by atoms with Crippen LogP contribution in [0.15, 0.2) is 148 Å². The van der Waals surface area contributed by atoms with Crippen molar-refractivity contribution in [2.75, 3.05) is 26.6 Å². The number of hydrogen-bond donors (Lipinski definition) is 4. The first-order valence-corrected chi connectivity index (χ1v) is 35.6. The number of carbonyl (C=O) groups excluding carboxylic acids is 2. The van der Waals surface area contributed by atoms with Gasteiger partial charge in [-0.05, 0) is 203 Å². The molecule has 3 aliphatic heterocycles. The lowest BCUT2D eigenvalue weighted by atomic mass is 9.48. The third-order valence-electron chi connectivity index (χ3n) is 26.2. The molecule has 0 radical (unpaired) electrons. The van der Waals surface area contributed by atoms with Gasteiger partial charge < -0.3 is 43.8 Å². The summed E-state index contributed by atoms with van der Waals surface area (Å²) in [5.41, 5.74) is 12.7. The minimum Gasteiger partial charge on any atom is -0.481 e. The Hall–Kier alpha value is -7.89. The minimum atomic E-state index is -1.52. The van der Waals surface area contributed by atoms with Crippen molar-refractivity contribution >= 4 is 35.1 Å². The number of benzene rings is 5. The molecule has 1 aromatic heterocycles. The van der Waals surface area contributed by atoms with E-state index < -0.39 is 66.0 Å².